The average molecular weight is 439 g/mol. The number of hydrogen-bond acceptors (Lipinski definition) is 4. The molecule has 3 aromatic rings. The van der Waals surface area contributed by atoms with Crippen molar-refractivity contribution < 1.29 is 19.8 Å². The minimum atomic E-state index is -0.963. The molecule has 7 heteroatoms. The van der Waals surface area contributed by atoms with Gasteiger partial charge < -0.3 is 14.8 Å². The lowest BCUT2D eigenvalue weighted by Gasteiger charge is -2.13. The quantitative estimate of drug-likeness (QED) is 0.398. The molecule has 6 nitrogen and oxygen atoms in total. The van der Waals surface area contributed by atoms with E-state index < -0.39 is 11.9 Å². The molecule has 0 saturated carbocycles. The Balaban J connectivity index is 1.92. The zero-order chi connectivity index (χ0) is 22.4. The molecule has 0 atom stereocenters. The summed E-state index contributed by atoms with van der Waals surface area (Å²) in [4.78, 5) is 28.0. The van der Waals surface area contributed by atoms with Gasteiger partial charge in [0, 0.05) is 29.0 Å². The maximum atomic E-state index is 11.1. The van der Waals surface area contributed by atoms with E-state index in [1.165, 1.54) is 0 Å². The lowest BCUT2D eigenvalue weighted by atomic mass is 10.1. The highest BCUT2D eigenvalue weighted by Gasteiger charge is 2.17. The number of aliphatic carboxylic acids is 1. The Hall–Kier alpha value is -3.19. The van der Waals surface area contributed by atoms with Gasteiger partial charge in [-0.3, -0.25) is 0 Å². The van der Waals surface area contributed by atoms with Crippen LogP contribution in [0.5, 0.6) is 0 Å². The van der Waals surface area contributed by atoms with Gasteiger partial charge in [-0.1, -0.05) is 32.1 Å². The first-order valence-electron chi connectivity index (χ1n) is 10.2. The summed E-state index contributed by atoms with van der Waals surface area (Å²) in [5.74, 6) is -0.912. The van der Waals surface area contributed by atoms with Crippen molar-refractivity contribution in [2.45, 2.75) is 45.6 Å². The number of imidazole rings is 1. The summed E-state index contributed by atoms with van der Waals surface area (Å²) in [6.07, 6.45) is 5.85. The van der Waals surface area contributed by atoms with Crippen LogP contribution in [0.3, 0.4) is 0 Å². The second-order valence-corrected chi connectivity index (χ2v) is 8.42. The number of unbranched alkanes of at least 4 members (excludes halogenated alkanes) is 1. The molecule has 162 valence electrons. The third-order valence-electron chi connectivity index (χ3n) is 5.21. The molecule has 0 radical (unpaired) electrons. The first-order chi connectivity index (χ1) is 14.9. The van der Waals surface area contributed by atoms with Gasteiger partial charge in [0.1, 0.15) is 5.82 Å². The van der Waals surface area contributed by atoms with Gasteiger partial charge in [-0.05, 0) is 48.4 Å². The largest absolute Gasteiger partial charge is 0.478 e. The van der Waals surface area contributed by atoms with Gasteiger partial charge in [-0.2, -0.15) is 0 Å². The molecule has 0 spiro atoms. The molecule has 2 N–H and O–H groups in total. The number of benzene rings is 1. The van der Waals surface area contributed by atoms with Crippen molar-refractivity contribution in [2.24, 2.45) is 0 Å². The lowest BCUT2D eigenvalue weighted by Crippen LogP contribution is -2.08. The van der Waals surface area contributed by atoms with Gasteiger partial charge in [-0.25, -0.2) is 14.6 Å². The monoisotopic (exact) mass is 438 g/mol. The summed E-state index contributed by atoms with van der Waals surface area (Å²) < 4.78 is 2.18. The second kappa shape index (κ2) is 10.2. The SMILES string of the molecule is C=C(CCc1sccc1-c1cnc(CCCC)n1Cc1ccc(C(=O)O)cc1)C(=O)O. The summed E-state index contributed by atoms with van der Waals surface area (Å²) in [5.41, 5.74) is 3.51. The molecule has 0 unspecified atom stereocenters. The number of aryl methyl sites for hydroxylation is 2. The van der Waals surface area contributed by atoms with Crippen molar-refractivity contribution in [1.82, 2.24) is 9.55 Å². The van der Waals surface area contributed by atoms with E-state index in [2.05, 4.69) is 23.1 Å². The Morgan fingerprint density at radius 1 is 1.13 bits per heavy atom. The maximum Gasteiger partial charge on any atom is 0.335 e. The summed E-state index contributed by atoms with van der Waals surface area (Å²) in [6, 6.07) is 8.96. The van der Waals surface area contributed by atoms with Crippen LogP contribution in [-0.2, 0) is 24.2 Å². The standard InChI is InChI=1S/C24H26N2O4S/c1-3-4-5-22-25-14-20(19-12-13-31-21(19)11-6-16(2)23(27)28)26(22)15-17-7-9-18(10-8-17)24(29)30/h7-10,12-14H,2-6,11,15H2,1H3,(H,27,28)(H,29,30). The number of rotatable bonds is 11. The highest BCUT2D eigenvalue weighted by Crippen LogP contribution is 2.31. The molecule has 2 aromatic heterocycles. The number of aromatic carboxylic acids is 1. The van der Waals surface area contributed by atoms with Gasteiger partial charge in [0.15, 0.2) is 0 Å². The summed E-state index contributed by atoms with van der Waals surface area (Å²) in [6.45, 7) is 6.37. The molecule has 0 fully saturated rings. The zero-order valence-electron chi connectivity index (χ0n) is 17.5. The van der Waals surface area contributed by atoms with Crippen molar-refractivity contribution in [3.05, 3.63) is 75.9 Å². The van der Waals surface area contributed by atoms with Crippen LogP contribution in [0, 0.1) is 0 Å². The van der Waals surface area contributed by atoms with E-state index in [0.29, 0.717) is 19.4 Å². The zero-order valence-corrected chi connectivity index (χ0v) is 18.3. The van der Waals surface area contributed by atoms with Gasteiger partial charge in [0.25, 0.3) is 0 Å². The molecule has 3 rings (SSSR count). The number of hydrogen-bond donors (Lipinski definition) is 2. The van der Waals surface area contributed by atoms with Crippen molar-refractivity contribution >= 4 is 23.3 Å². The fourth-order valence-electron chi connectivity index (χ4n) is 3.41. The summed E-state index contributed by atoms with van der Waals surface area (Å²) in [5, 5.41) is 20.3. The van der Waals surface area contributed by atoms with Crippen molar-refractivity contribution in [2.75, 3.05) is 0 Å². The first-order valence-corrected chi connectivity index (χ1v) is 11.1. The Labute approximate surface area is 185 Å². The minimum Gasteiger partial charge on any atom is -0.478 e. The molecule has 0 aliphatic rings. The Morgan fingerprint density at radius 2 is 1.87 bits per heavy atom. The van der Waals surface area contributed by atoms with Crippen LogP contribution in [0.15, 0.2) is 54.1 Å². The van der Waals surface area contributed by atoms with Crippen molar-refractivity contribution in [3.8, 4) is 11.3 Å². The van der Waals surface area contributed by atoms with Crippen LogP contribution in [0.1, 0.15) is 52.8 Å². The van der Waals surface area contributed by atoms with Crippen LogP contribution >= 0.6 is 11.3 Å². The first kappa shape index (κ1) is 22.5. The maximum absolute atomic E-state index is 11.1. The second-order valence-electron chi connectivity index (χ2n) is 7.42. The smallest absolute Gasteiger partial charge is 0.335 e. The predicted molar refractivity (Wildman–Crippen MR) is 122 cm³/mol. The highest BCUT2D eigenvalue weighted by molar-refractivity contribution is 7.10. The van der Waals surface area contributed by atoms with E-state index in [-0.39, 0.29) is 11.1 Å². The van der Waals surface area contributed by atoms with Crippen LogP contribution in [0.25, 0.3) is 11.3 Å². The van der Waals surface area contributed by atoms with Crippen LogP contribution in [-0.4, -0.2) is 31.7 Å². The molecule has 31 heavy (non-hydrogen) atoms. The molecule has 0 amide bonds. The van der Waals surface area contributed by atoms with Gasteiger partial charge in [-0.15, -0.1) is 11.3 Å². The van der Waals surface area contributed by atoms with Gasteiger partial charge >= 0.3 is 11.9 Å². The molecule has 0 aliphatic carbocycles. The number of thiophene rings is 1. The Morgan fingerprint density at radius 3 is 2.52 bits per heavy atom. The molecular formula is C24H26N2O4S. The fourth-order valence-corrected chi connectivity index (χ4v) is 4.30. The highest BCUT2D eigenvalue weighted by atomic mass is 32.1. The normalized spacial score (nSPS) is 10.9. The van der Waals surface area contributed by atoms with Gasteiger partial charge in [0.05, 0.1) is 17.5 Å². The third-order valence-corrected chi connectivity index (χ3v) is 6.19. The summed E-state index contributed by atoms with van der Waals surface area (Å²) in [7, 11) is 0. The van der Waals surface area contributed by atoms with Crippen LogP contribution in [0.2, 0.25) is 0 Å². The fraction of sp³-hybridized carbons (Fsp3) is 0.292. The van der Waals surface area contributed by atoms with E-state index in [4.69, 9.17) is 10.2 Å². The number of carbonyl (C=O) groups is 2. The Kier molecular flexibility index (Phi) is 7.41. The molecule has 1 aromatic carbocycles. The van der Waals surface area contributed by atoms with E-state index in [0.717, 1.165) is 46.8 Å². The molecule has 0 aliphatic heterocycles. The molecule has 2 heterocycles. The number of carboxylic acid groups (broad SMARTS) is 2. The van der Waals surface area contributed by atoms with E-state index in [9.17, 15) is 9.59 Å². The van der Waals surface area contributed by atoms with Gasteiger partial charge in [0.2, 0.25) is 0 Å². The lowest BCUT2D eigenvalue weighted by molar-refractivity contribution is -0.132. The van der Waals surface area contributed by atoms with E-state index in [1.807, 2.05) is 29.8 Å². The van der Waals surface area contributed by atoms with Crippen molar-refractivity contribution in [1.29, 1.82) is 0 Å². The minimum absolute atomic E-state index is 0.204. The number of nitrogens with zero attached hydrogens (tertiary/aromatic N) is 2. The topological polar surface area (TPSA) is 92.4 Å². The molecule has 0 bridgehead atoms. The number of aromatic nitrogens is 2. The molecular weight excluding hydrogens is 412 g/mol. The molecule has 0 saturated heterocycles. The Bertz CT molecular complexity index is 1080. The van der Waals surface area contributed by atoms with E-state index in [1.54, 1.807) is 23.5 Å². The summed E-state index contributed by atoms with van der Waals surface area (Å²) >= 11 is 1.60. The van der Waals surface area contributed by atoms with Crippen LogP contribution < -0.4 is 0 Å². The average Bonchev–Trinajstić information content (AvgIpc) is 3.37. The predicted octanol–water partition coefficient (Wildman–Crippen LogP) is 5.27. The number of carboxylic acids is 2. The van der Waals surface area contributed by atoms with Crippen LogP contribution in [0.4, 0.5) is 0 Å². The van der Waals surface area contributed by atoms with E-state index >= 15 is 0 Å². The van der Waals surface area contributed by atoms with Crippen molar-refractivity contribution in [3.63, 3.8) is 0 Å². The third kappa shape index (κ3) is 5.49.